The number of thioether (sulfide) groups is 1. The molecule has 0 aliphatic carbocycles. The summed E-state index contributed by atoms with van der Waals surface area (Å²) in [5.74, 6) is 1.12. The van der Waals surface area contributed by atoms with Crippen LogP contribution in [0.1, 0.15) is 11.4 Å². The number of aromatic nitrogens is 2. The zero-order valence-electron chi connectivity index (χ0n) is 8.80. The molecule has 0 aliphatic rings. The van der Waals surface area contributed by atoms with Gasteiger partial charge in [0.15, 0.2) is 0 Å². The lowest BCUT2D eigenvalue weighted by Gasteiger charge is -2.04. The molecular weight excluding hydrogens is 218 g/mol. The van der Waals surface area contributed by atoms with Gasteiger partial charge in [0, 0.05) is 25.9 Å². The zero-order chi connectivity index (χ0) is 10.6. The van der Waals surface area contributed by atoms with Crippen molar-refractivity contribution in [1.29, 1.82) is 0 Å². The van der Waals surface area contributed by atoms with E-state index in [0.717, 1.165) is 35.3 Å². The highest BCUT2D eigenvalue weighted by Gasteiger charge is 2.09. The van der Waals surface area contributed by atoms with E-state index in [1.165, 1.54) is 0 Å². The molecule has 14 heavy (non-hydrogen) atoms. The first-order valence-corrected chi connectivity index (χ1v) is 6.31. The molecule has 0 radical (unpaired) electrons. The van der Waals surface area contributed by atoms with Crippen molar-refractivity contribution in [2.75, 3.05) is 18.6 Å². The van der Waals surface area contributed by atoms with Crippen molar-refractivity contribution in [3.05, 3.63) is 16.4 Å². The van der Waals surface area contributed by atoms with Gasteiger partial charge in [-0.05, 0) is 13.2 Å². The van der Waals surface area contributed by atoms with E-state index < -0.39 is 0 Å². The van der Waals surface area contributed by atoms with E-state index in [1.807, 2.05) is 30.4 Å². The zero-order valence-corrected chi connectivity index (χ0v) is 10.4. The van der Waals surface area contributed by atoms with Gasteiger partial charge in [0.1, 0.15) is 0 Å². The monoisotopic (exact) mass is 233 g/mol. The number of nitrogens with one attached hydrogen (secondary N) is 1. The van der Waals surface area contributed by atoms with Gasteiger partial charge < -0.3 is 5.32 Å². The second-order valence-electron chi connectivity index (χ2n) is 3.14. The molecule has 0 aliphatic heterocycles. The maximum Gasteiger partial charge on any atom is 0.0860 e. The van der Waals surface area contributed by atoms with Crippen LogP contribution in [0.3, 0.4) is 0 Å². The van der Waals surface area contributed by atoms with Crippen molar-refractivity contribution in [2.24, 2.45) is 7.05 Å². The number of hydrogen-bond acceptors (Lipinski definition) is 3. The molecule has 1 aromatic heterocycles. The normalized spacial score (nSPS) is 10.9. The molecule has 0 spiro atoms. The van der Waals surface area contributed by atoms with Gasteiger partial charge in [0.2, 0.25) is 0 Å². The van der Waals surface area contributed by atoms with Crippen LogP contribution in [-0.2, 0) is 13.6 Å². The highest BCUT2D eigenvalue weighted by Crippen LogP contribution is 2.18. The Morgan fingerprint density at radius 3 is 2.79 bits per heavy atom. The largest absolute Gasteiger partial charge is 0.310 e. The molecule has 0 saturated carbocycles. The number of aryl methyl sites for hydroxylation is 2. The molecule has 1 N–H and O–H groups in total. The summed E-state index contributed by atoms with van der Waals surface area (Å²) in [7, 11) is 1.92. The third-order valence-corrected chi connectivity index (χ3v) is 3.14. The van der Waals surface area contributed by atoms with Gasteiger partial charge in [-0.3, -0.25) is 4.68 Å². The number of nitrogens with zero attached hydrogens (tertiary/aromatic N) is 2. The Kier molecular flexibility index (Phi) is 4.78. The van der Waals surface area contributed by atoms with Gasteiger partial charge in [-0.25, -0.2) is 0 Å². The van der Waals surface area contributed by atoms with Gasteiger partial charge in [0.25, 0.3) is 0 Å². The van der Waals surface area contributed by atoms with E-state index in [9.17, 15) is 0 Å². The predicted octanol–water partition coefficient (Wildman–Crippen LogP) is 1.83. The molecule has 1 rings (SSSR count). The summed E-state index contributed by atoms with van der Waals surface area (Å²) in [6.07, 6.45) is 2.10. The minimum Gasteiger partial charge on any atom is -0.310 e. The van der Waals surface area contributed by atoms with Gasteiger partial charge >= 0.3 is 0 Å². The molecular formula is C9H16ClN3S. The van der Waals surface area contributed by atoms with Gasteiger partial charge in [0.05, 0.1) is 16.4 Å². The lowest BCUT2D eigenvalue weighted by Crippen LogP contribution is -2.18. The fourth-order valence-corrected chi connectivity index (χ4v) is 1.83. The van der Waals surface area contributed by atoms with Crippen molar-refractivity contribution in [3.63, 3.8) is 0 Å². The average molecular weight is 234 g/mol. The molecule has 0 bridgehead atoms. The van der Waals surface area contributed by atoms with Crippen molar-refractivity contribution in [2.45, 2.75) is 13.5 Å². The topological polar surface area (TPSA) is 29.9 Å². The Morgan fingerprint density at radius 1 is 1.57 bits per heavy atom. The molecule has 0 aromatic carbocycles. The Bertz CT molecular complexity index is 298. The van der Waals surface area contributed by atoms with Crippen LogP contribution in [0.25, 0.3) is 0 Å². The van der Waals surface area contributed by atoms with Crippen LogP contribution in [0.15, 0.2) is 0 Å². The van der Waals surface area contributed by atoms with Crippen LogP contribution < -0.4 is 5.32 Å². The summed E-state index contributed by atoms with van der Waals surface area (Å²) in [6.45, 7) is 3.71. The predicted molar refractivity (Wildman–Crippen MR) is 63.0 cm³/mol. The molecule has 0 atom stereocenters. The van der Waals surface area contributed by atoms with E-state index in [0.29, 0.717) is 0 Å². The van der Waals surface area contributed by atoms with E-state index in [2.05, 4.69) is 16.7 Å². The van der Waals surface area contributed by atoms with Crippen LogP contribution in [0.5, 0.6) is 0 Å². The first kappa shape index (κ1) is 11.9. The smallest absolute Gasteiger partial charge is 0.0860 e. The summed E-state index contributed by atoms with van der Waals surface area (Å²) < 4.78 is 1.84. The highest BCUT2D eigenvalue weighted by atomic mass is 35.5. The number of hydrogen-bond donors (Lipinski definition) is 1. The van der Waals surface area contributed by atoms with Gasteiger partial charge in [-0.2, -0.15) is 16.9 Å². The van der Waals surface area contributed by atoms with E-state index >= 15 is 0 Å². The summed E-state index contributed by atoms with van der Waals surface area (Å²) in [5, 5.41) is 8.36. The molecule has 0 saturated heterocycles. The van der Waals surface area contributed by atoms with Crippen molar-refractivity contribution in [1.82, 2.24) is 15.1 Å². The molecule has 1 aromatic rings. The second-order valence-corrected chi connectivity index (χ2v) is 4.50. The fourth-order valence-electron chi connectivity index (χ4n) is 1.25. The maximum atomic E-state index is 6.10. The molecule has 0 amide bonds. The molecule has 3 nitrogen and oxygen atoms in total. The Hall–Kier alpha value is -0.190. The standard InChI is InChI=1S/C9H16ClN3S/c1-7-9(10)8(13(2)12-7)6-11-4-5-14-3/h11H,4-6H2,1-3H3. The van der Waals surface area contributed by atoms with E-state index in [1.54, 1.807) is 0 Å². The van der Waals surface area contributed by atoms with Crippen LogP contribution >= 0.6 is 23.4 Å². The minimum absolute atomic E-state index is 0.782. The molecule has 5 heteroatoms. The van der Waals surface area contributed by atoms with Crippen molar-refractivity contribution < 1.29 is 0 Å². The Balaban J connectivity index is 2.49. The lowest BCUT2D eigenvalue weighted by molar-refractivity contribution is 0.643. The summed E-state index contributed by atoms with van der Waals surface area (Å²) in [5.41, 5.74) is 1.96. The fraction of sp³-hybridized carbons (Fsp3) is 0.667. The Labute approximate surface area is 94.2 Å². The number of rotatable bonds is 5. The van der Waals surface area contributed by atoms with E-state index in [-0.39, 0.29) is 0 Å². The third kappa shape index (κ3) is 2.90. The second kappa shape index (κ2) is 5.63. The Morgan fingerprint density at radius 2 is 2.29 bits per heavy atom. The lowest BCUT2D eigenvalue weighted by atomic mass is 10.3. The summed E-state index contributed by atoms with van der Waals surface area (Å²) in [4.78, 5) is 0. The summed E-state index contributed by atoms with van der Waals surface area (Å²) in [6, 6.07) is 0. The molecule has 1 heterocycles. The van der Waals surface area contributed by atoms with Crippen molar-refractivity contribution in [3.8, 4) is 0 Å². The molecule has 0 unspecified atom stereocenters. The van der Waals surface area contributed by atoms with Crippen LogP contribution in [0, 0.1) is 6.92 Å². The summed E-state index contributed by atoms with van der Waals surface area (Å²) >= 11 is 7.93. The minimum atomic E-state index is 0.782. The van der Waals surface area contributed by atoms with Gasteiger partial charge in [-0.1, -0.05) is 11.6 Å². The SMILES string of the molecule is CSCCNCc1c(Cl)c(C)nn1C. The first-order valence-electron chi connectivity index (χ1n) is 4.54. The number of halogens is 1. The highest BCUT2D eigenvalue weighted by molar-refractivity contribution is 7.98. The van der Waals surface area contributed by atoms with Crippen LogP contribution in [-0.4, -0.2) is 28.3 Å². The first-order chi connectivity index (χ1) is 6.66. The van der Waals surface area contributed by atoms with E-state index in [4.69, 9.17) is 11.6 Å². The van der Waals surface area contributed by atoms with Crippen LogP contribution in [0.2, 0.25) is 5.02 Å². The molecule has 80 valence electrons. The van der Waals surface area contributed by atoms with Crippen molar-refractivity contribution >= 4 is 23.4 Å². The molecule has 0 fully saturated rings. The van der Waals surface area contributed by atoms with Gasteiger partial charge in [-0.15, -0.1) is 0 Å². The quantitative estimate of drug-likeness (QED) is 0.788. The average Bonchev–Trinajstić information content (AvgIpc) is 2.38. The maximum absolute atomic E-state index is 6.10. The van der Waals surface area contributed by atoms with Crippen LogP contribution in [0.4, 0.5) is 0 Å². The third-order valence-electron chi connectivity index (χ3n) is 2.04.